The lowest BCUT2D eigenvalue weighted by Crippen LogP contribution is -2.34. The van der Waals surface area contributed by atoms with Crippen molar-refractivity contribution in [1.82, 2.24) is 4.90 Å². The second-order valence-electron chi connectivity index (χ2n) is 7.51. The van der Waals surface area contributed by atoms with E-state index < -0.39 is 0 Å². The highest BCUT2D eigenvalue weighted by Crippen LogP contribution is 2.36. The molecule has 0 saturated carbocycles. The molecule has 0 aromatic carbocycles. The highest BCUT2D eigenvalue weighted by molar-refractivity contribution is 5.76. The molecule has 2 saturated heterocycles. The number of aliphatic hydroxyl groups is 1. The fraction of sp³-hybridized carbons (Fsp3) is 0.737. The Labute approximate surface area is 139 Å². The molecule has 0 radical (unpaired) electrons. The Morgan fingerprint density at radius 2 is 2.09 bits per heavy atom. The van der Waals surface area contributed by atoms with Crippen molar-refractivity contribution in [3.05, 3.63) is 23.3 Å². The number of esters is 1. The molecule has 0 amide bonds. The average molecular weight is 319 g/mol. The number of likely N-dealkylation sites (tertiary alicyclic amines) is 1. The van der Waals surface area contributed by atoms with Crippen molar-refractivity contribution in [2.24, 2.45) is 11.8 Å². The highest BCUT2D eigenvalue weighted by atomic mass is 16.6. The van der Waals surface area contributed by atoms with Crippen molar-refractivity contribution >= 4 is 5.97 Å². The molecule has 3 rings (SSSR count). The standard InChI is InChI=1S/C19H29NO3/c1-13-4-3-5-14(2)10-18-16(7-6-13)17(19(22)23-18)12-20-9-8-15(21)11-20/h4,10,15-18,21H,3,5-9,11-12H2,1-2H3/b13-4?,14-10+/t15?,16-,17-,18+/m0/s1. The number of rotatable bonds is 2. The molecule has 2 aliphatic heterocycles. The first kappa shape index (κ1) is 16.7. The average Bonchev–Trinajstić information content (AvgIpc) is 3.02. The molecule has 4 nitrogen and oxygen atoms in total. The van der Waals surface area contributed by atoms with E-state index in [2.05, 4.69) is 30.9 Å². The Bertz CT molecular complexity index is 511. The van der Waals surface area contributed by atoms with Crippen LogP contribution in [-0.2, 0) is 9.53 Å². The molecule has 2 fully saturated rings. The van der Waals surface area contributed by atoms with E-state index in [1.54, 1.807) is 0 Å². The number of ether oxygens (including phenoxy) is 1. The lowest BCUT2D eigenvalue weighted by atomic mass is 9.83. The molecule has 1 unspecified atom stereocenters. The first-order chi connectivity index (χ1) is 11.0. The molecule has 3 aliphatic rings. The third-order valence-electron chi connectivity index (χ3n) is 5.55. The predicted octanol–water partition coefficient (Wildman–Crippen LogP) is 2.68. The van der Waals surface area contributed by atoms with E-state index in [0.717, 1.165) is 45.2 Å². The molecule has 4 heteroatoms. The topological polar surface area (TPSA) is 49.8 Å². The summed E-state index contributed by atoms with van der Waals surface area (Å²) in [4.78, 5) is 14.7. The van der Waals surface area contributed by atoms with Gasteiger partial charge < -0.3 is 9.84 Å². The Morgan fingerprint density at radius 1 is 1.26 bits per heavy atom. The number of allylic oxidation sites excluding steroid dienone is 3. The zero-order valence-corrected chi connectivity index (χ0v) is 14.3. The van der Waals surface area contributed by atoms with E-state index in [1.165, 1.54) is 11.1 Å². The van der Waals surface area contributed by atoms with Crippen LogP contribution >= 0.6 is 0 Å². The number of aliphatic hydroxyl groups excluding tert-OH is 1. The minimum absolute atomic E-state index is 0.0497. The molecule has 0 spiro atoms. The first-order valence-corrected chi connectivity index (χ1v) is 8.97. The molecular weight excluding hydrogens is 290 g/mol. The van der Waals surface area contributed by atoms with E-state index in [-0.39, 0.29) is 30.0 Å². The highest BCUT2D eigenvalue weighted by Gasteiger charge is 2.44. The normalized spacial score (nSPS) is 38.5. The third-order valence-corrected chi connectivity index (χ3v) is 5.55. The van der Waals surface area contributed by atoms with Crippen LogP contribution in [-0.4, -0.2) is 47.8 Å². The van der Waals surface area contributed by atoms with Crippen LogP contribution in [0.3, 0.4) is 0 Å². The number of hydrogen-bond acceptors (Lipinski definition) is 4. The monoisotopic (exact) mass is 319 g/mol. The van der Waals surface area contributed by atoms with Gasteiger partial charge in [-0.15, -0.1) is 0 Å². The third kappa shape index (κ3) is 4.04. The second kappa shape index (κ2) is 7.18. The maximum absolute atomic E-state index is 12.4. The van der Waals surface area contributed by atoms with Gasteiger partial charge in [0.15, 0.2) is 0 Å². The van der Waals surface area contributed by atoms with E-state index in [9.17, 15) is 9.90 Å². The van der Waals surface area contributed by atoms with Crippen LogP contribution in [0.1, 0.15) is 46.0 Å². The van der Waals surface area contributed by atoms with Crippen molar-refractivity contribution in [3.8, 4) is 0 Å². The molecule has 0 aromatic heterocycles. The van der Waals surface area contributed by atoms with E-state index >= 15 is 0 Å². The fourth-order valence-electron chi connectivity index (χ4n) is 4.11. The quantitative estimate of drug-likeness (QED) is 0.628. The summed E-state index contributed by atoms with van der Waals surface area (Å²) in [5.41, 5.74) is 2.74. The van der Waals surface area contributed by atoms with Crippen LogP contribution < -0.4 is 0 Å². The van der Waals surface area contributed by atoms with Crippen molar-refractivity contribution in [1.29, 1.82) is 0 Å². The SMILES string of the molecule is CC1=CCC/C(C)=C/[C@H]2OC(=O)[C@@H](CN3CCC(O)C3)[C@@H]2CC1. The number of carbonyl (C=O) groups excluding carboxylic acids is 1. The largest absolute Gasteiger partial charge is 0.458 e. The zero-order valence-electron chi connectivity index (χ0n) is 14.3. The molecule has 4 atom stereocenters. The van der Waals surface area contributed by atoms with Gasteiger partial charge in [-0.1, -0.05) is 17.2 Å². The van der Waals surface area contributed by atoms with Gasteiger partial charge >= 0.3 is 5.97 Å². The minimum Gasteiger partial charge on any atom is -0.458 e. The molecular formula is C19H29NO3. The molecule has 0 bridgehead atoms. The number of carbonyl (C=O) groups is 1. The Hall–Kier alpha value is -1.13. The van der Waals surface area contributed by atoms with Gasteiger partial charge in [-0.25, -0.2) is 0 Å². The number of β-amino-alcohol motifs (C(OH)–C–C–N with tert-alkyl or cyclic N) is 1. The van der Waals surface area contributed by atoms with Gasteiger partial charge in [0.05, 0.1) is 12.0 Å². The summed E-state index contributed by atoms with van der Waals surface area (Å²) in [7, 11) is 0. The van der Waals surface area contributed by atoms with E-state index in [0.29, 0.717) is 6.54 Å². The van der Waals surface area contributed by atoms with Gasteiger partial charge in [0, 0.05) is 25.6 Å². The molecule has 1 N–H and O–H groups in total. The summed E-state index contributed by atoms with van der Waals surface area (Å²) in [5, 5.41) is 9.72. The second-order valence-corrected chi connectivity index (χ2v) is 7.51. The molecule has 23 heavy (non-hydrogen) atoms. The molecule has 128 valence electrons. The Morgan fingerprint density at radius 3 is 2.83 bits per heavy atom. The summed E-state index contributed by atoms with van der Waals surface area (Å²) in [5.74, 6) is 0.157. The van der Waals surface area contributed by atoms with Gasteiger partial charge in [0.1, 0.15) is 6.10 Å². The lowest BCUT2D eigenvalue weighted by Gasteiger charge is -2.24. The number of hydrogen-bond donors (Lipinski definition) is 1. The maximum atomic E-state index is 12.4. The summed E-state index contributed by atoms with van der Waals surface area (Å²) in [6.07, 6.45) is 9.20. The van der Waals surface area contributed by atoms with Crippen LogP contribution in [0.15, 0.2) is 23.3 Å². The van der Waals surface area contributed by atoms with Gasteiger partial charge in [-0.3, -0.25) is 9.69 Å². The van der Waals surface area contributed by atoms with Crippen molar-refractivity contribution in [2.75, 3.05) is 19.6 Å². The molecule has 2 heterocycles. The van der Waals surface area contributed by atoms with Crippen LogP contribution in [0, 0.1) is 11.8 Å². The van der Waals surface area contributed by atoms with E-state index in [1.807, 2.05) is 0 Å². The number of nitrogens with zero attached hydrogens (tertiary/aromatic N) is 1. The van der Waals surface area contributed by atoms with Crippen LogP contribution in [0.25, 0.3) is 0 Å². The first-order valence-electron chi connectivity index (χ1n) is 8.97. The molecule has 0 aromatic rings. The van der Waals surface area contributed by atoms with Crippen LogP contribution in [0.5, 0.6) is 0 Å². The summed E-state index contributed by atoms with van der Waals surface area (Å²) >= 11 is 0. The van der Waals surface area contributed by atoms with Gasteiger partial charge in [-0.2, -0.15) is 0 Å². The maximum Gasteiger partial charge on any atom is 0.311 e. The molecule has 1 aliphatic carbocycles. The van der Waals surface area contributed by atoms with Crippen molar-refractivity contribution in [2.45, 2.75) is 58.2 Å². The van der Waals surface area contributed by atoms with Crippen molar-refractivity contribution < 1.29 is 14.6 Å². The van der Waals surface area contributed by atoms with Crippen molar-refractivity contribution in [3.63, 3.8) is 0 Å². The summed E-state index contributed by atoms with van der Waals surface area (Å²) < 4.78 is 5.73. The van der Waals surface area contributed by atoms with Crippen LogP contribution in [0.4, 0.5) is 0 Å². The van der Waals surface area contributed by atoms with E-state index in [4.69, 9.17) is 4.74 Å². The summed E-state index contributed by atoms with van der Waals surface area (Å²) in [6.45, 7) is 6.64. The Kier molecular flexibility index (Phi) is 5.22. The number of fused-ring (bicyclic) bond motifs is 1. The lowest BCUT2D eigenvalue weighted by molar-refractivity contribution is -0.143. The minimum atomic E-state index is -0.236. The Balaban J connectivity index is 1.75. The van der Waals surface area contributed by atoms with Crippen LogP contribution in [0.2, 0.25) is 0 Å². The van der Waals surface area contributed by atoms with Gasteiger partial charge in [0.25, 0.3) is 0 Å². The summed E-state index contributed by atoms with van der Waals surface area (Å²) in [6, 6.07) is 0. The van der Waals surface area contributed by atoms with Gasteiger partial charge in [0.2, 0.25) is 0 Å². The predicted molar refractivity (Wildman–Crippen MR) is 89.9 cm³/mol. The zero-order chi connectivity index (χ0) is 16.4. The fourth-order valence-corrected chi connectivity index (χ4v) is 4.11. The smallest absolute Gasteiger partial charge is 0.311 e. The van der Waals surface area contributed by atoms with Gasteiger partial charge in [-0.05, 0) is 52.0 Å².